The largest absolute Gasteiger partial charge is 0.508 e. The van der Waals surface area contributed by atoms with E-state index in [9.17, 15) is 5.11 Å². The number of phenols is 1. The number of hydrogen-bond donors (Lipinski definition) is 1. The van der Waals surface area contributed by atoms with Crippen molar-refractivity contribution < 1.29 is 14.4 Å². The maximum absolute atomic E-state index is 9.89. The van der Waals surface area contributed by atoms with E-state index in [4.69, 9.17) is 9.31 Å². The Kier molecular flexibility index (Phi) is 3.54. The lowest BCUT2D eigenvalue weighted by molar-refractivity contribution is 0.00578. The molecule has 0 atom stereocenters. The fourth-order valence-electron chi connectivity index (χ4n) is 2.60. The zero-order valence-electron chi connectivity index (χ0n) is 13.5. The highest BCUT2D eigenvalue weighted by Gasteiger charge is 2.52. The summed E-state index contributed by atoms with van der Waals surface area (Å²) in [5.41, 5.74) is 2.13. The zero-order chi connectivity index (χ0) is 16.0. The van der Waals surface area contributed by atoms with Crippen molar-refractivity contribution in [2.45, 2.75) is 38.9 Å². The van der Waals surface area contributed by atoms with Crippen LogP contribution in [0.3, 0.4) is 0 Å². The minimum Gasteiger partial charge on any atom is -0.508 e. The van der Waals surface area contributed by atoms with Gasteiger partial charge in [-0.25, -0.2) is 0 Å². The SMILES string of the molecule is CC1(C)OB(c2cc(O)ccc2-c2ccccc2)OC1(C)C. The van der Waals surface area contributed by atoms with Gasteiger partial charge < -0.3 is 14.4 Å². The van der Waals surface area contributed by atoms with Crippen LogP contribution in [0.15, 0.2) is 48.5 Å². The van der Waals surface area contributed by atoms with Gasteiger partial charge in [0.1, 0.15) is 5.75 Å². The van der Waals surface area contributed by atoms with E-state index in [1.165, 1.54) is 0 Å². The Labute approximate surface area is 132 Å². The van der Waals surface area contributed by atoms with Crippen LogP contribution in [0.25, 0.3) is 11.1 Å². The van der Waals surface area contributed by atoms with Gasteiger partial charge in [0.2, 0.25) is 0 Å². The van der Waals surface area contributed by atoms with E-state index in [2.05, 4.69) is 0 Å². The molecule has 1 fully saturated rings. The second-order valence-electron chi connectivity index (χ2n) is 6.73. The first-order valence-electron chi connectivity index (χ1n) is 7.54. The molecule has 3 rings (SSSR count). The van der Waals surface area contributed by atoms with Crippen molar-refractivity contribution in [3.05, 3.63) is 48.5 Å². The van der Waals surface area contributed by atoms with Crippen molar-refractivity contribution in [1.29, 1.82) is 0 Å². The third kappa shape index (κ3) is 2.53. The van der Waals surface area contributed by atoms with Crippen LogP contribution in [0, 0.1) is 0 Å². The Hall–Kier alpha value is -1.78. The van der Waals surface area contributed by atoms with Crippen LogP contribution in [0.5, 0.6) is 5.75 Å². The Morgan fingerprint density at radius 3 is 2.05 bits per heavy atom. The van der Waals surface area contributed by atoms with Gasteiger partial charge >= 0.3 is 7.12 Å². The smallest absolute Gasteiger partial charge is 0.495 e. The average Bonchev–Trinajstić information content (AvgIpc) is 2.68. The number of rotatable bonds is 2. The molecule has 22 heavy (non-hydrogen) atoms. The topological polar surface area (TPSA) is 38.7 Å². The molecule has 2 aromatic rings. The van der Waals surface area contributed by atoms with Gasteiger partial charge in [0, 0.05) is 0 Å². The van der Waals surface area contributed by atoms with Gasteiger partial charge in [-0.15, -0.1) is 0 Å². The summed E-state index contributed by atoms with van der Waals surface area (Å²) in [6, 6.07) is 15.4. The number of hydrogen-bond acceptors (Lipinski definition) is 3. The molecule has 1 heterocycles. The maximum atomic E-state index is 9.89. The lowest BCUT2D eigenvalue weighted by Gasteiger charge is -2.32. The molecule has 114 valence electrons. The van der Waals surface area contributed by atoms with Crippen molar-refractivity contribution in [2.75, 3.05) is 0 Å². The Bertz CT molecular complexity index is 664. The minimum absolute atomic E-state index is 0.212. The number of benzene rings is 2. The summed E-state index contributed by atoms with van der Waals surface area (Å²) in [5.74, 6) is 0.212. The predicted octanol–water partition coefficient (Wildman–Crippen LogP) is 3.36. The number of aromatic hydroxyl groups is 1. The van der Waals surface area contributed by atoms with Crippen LogP contribution in [-0.4, -0.2) is 23.4 Å². The van der Waals surface area contributed by atoms with Crippen molar-refractivity contribution in [3.8, 4) is 16.9 Å². The summed E-state index contributed by atoms with van der Waals surface area (Å²) in [5, 5.41) is 9.89. The van der Waals surface area contributed by atoms with Crippen LogP contribution >= 0.6 is 0 Å². The summed E-state index contributed by atoms with van der Waals surface area (Å²) in [6.07, 6.45) is 0. The van der Waals surface area contributed by atoms with Crippen LogP contribution < -0.4 is 5.46 Å². The summed E-state index contributed by atoms with van der Waals surface area (Å²) < 4.78 is 12.3. The van der Waals surface area contributed by atoms with Crippen LogP contribution in [0.4, 0.5) is 0 Å². The van der Waals surface area contributed by atoms with Crippen molar-refractivity contribution in [2.24, 2.45) is 0 Å². The van der Waals surface area contributed by atoms with Gasteiger partial charge in [-0.2, -0.15) is 0 Å². The van der Waals surface area contributed by atoms with E-state index in [0.29, 0.717) is 0 Å². The van der Waals surface area contributed by atoms with Crippen LogP contribution in [0.2, 0.25) is 0 Å². The molecule has 4 heteroatoms. The first-order chi connectivity index (χ1) is 10.3. The van der Waals surface area contributed by atoms with Gasteiger partial charge in [-0.1, -0.05) is 36.4 Å². The summed E-state index contributed by atoms with van der Waals surface area (Å²) in [6.45, 7) is 8.10. The summed E-state index contributed by atoms with van der Waals surface area (Å²) in [4.78, 5) is 0. The molecule has 0 unspecified atom stereocenters. The van der Waals surface area contributed by atoms with Crippen LogP contribution in [0.1, 0.15) is 27.7 Å². The van der Waals surface area contributed by atoms with E-state index >= 15 is 0 Å². The highest BCUT2D eigenvalue weighted by molar-refractivity contribution is 6.64. The molecule has 2 aromatic carbocycles. The van der Waals surface area contributed by atoms with Gasteiger partial charge in [-0.3, -0.25) is 0 Å². The Morgan fingerprint density at radius 2 is 1.45 bits per heavy atom. The standard InChI is InChI=1S/C18H21BO3/c1-17(2)18(3,4)22-19(21-17)16-12-14(20)10-11-15(16)13-8-6-5-7-9-13/h5-12,20H,1-4H3. The van der Waals surface area contributed by atoms with Crippen molar-refractivity contribution in [3.63, 3.8) is 0 Å². The van der Waals surface area contributed by atoms with Crippen molar-refractivity contribution in [1.82, 2.24) is 0 Å². The Morgan fingerprint density at radius 1 is 0.864 bits per heavy atom. The van der Waals surface area contributed by atoms with E-state index in [0.717, 1.165) is 16.6 Å². The fraction of sp³-hybridized carbons (Fsp3) is 0.333. The molecule has 0 radical (unpaired) electrons. The zero-order valence-corrected chi connectivity index (χ0v) is 13.5. The highest BCUT2D eigenvalue weighted by atomic mass is 16.7. The normalized spacial score (nSPS) is 19.4. The maximum Gasteiger partial charge on any atom is 0.495 e. The van der Waals surface area contributed by atoms with E-state index in [1.807, 2.05) is 64.1 Å². The Balaban J connectivity index is 2.07. The fourth-order valence-corrected chi connectivity index (χ4v) is 2.60. The van der Waals surface area contributed by atoms with Crippen LogP contribution in [-0.2, 0) is 9.31 Å². The van der Waals surface area contributed by atoms with Crippen molar-refractivity contribution >= 4 is 12.6 Å². The molecule has 1 aliphatic heterocycles. The molecule has 0 spiro atoms. The minimum atomic E-state index is -0.493. The quantitative estimate of drug-likeness (QED) is 0.864. The molecular weight excluding hydrogens is 275 g/mol. The summed E-state index contributed by atoms with van der Waals surface area (Å²) in [7, 11) is -0.493. The van der Waals surface area contributed by atoms with Gasteiger partial charge in [0.05, 0.1) is 11.2 Å². The van der Waals surface area contributed by atoms with E-state index in [-0.39, 0.29) is 5.75 Å². The molecular formula is C18H21BO3. The molecule has 3 nitrogen and oxygen atoms in total. The van der Waals surface area contributed by atoms with E-state index < -0.39 is 18.3 Å². The monoisotopic (exact) mass is 296 g/mol. The lowest BCUT2D eigenvalue weighted by atomic mass is 9.74. The molecule has 1 aliphatic rings. The third-order valence-corrected chi connectivity index (χ3v) is 4.63. The first-order valence-corrected chi connectivity index (χ1v) is 7.54. The second-order valence-corrected chi connectivity index (χ2v) is 6.73. The molecule has 0 amide bonds. The molecule has 1 N–H and O–H groups in total. The highest BCUT2D eigenvalue weighted by Crippen LogP contribution is 2.37. The predicted molar refractivity (Wildman–Crippen MR) is 89.3 cm³/mol. The average molecular weight is 296 g/mol. The third-order valence-electron chi connectivity index (χ3n) is 4.63. The summed E-state index contributed by atoms with van der Waals surface area (Å²) >= 11 is 0. The molecule has 0 bridgehead atoms. The van der Waals surface area contributed by atoms with Gasteiger partial charge in [0.15, 0.2) is 0 Å². The first kappa shape index (κ1) is 15.1. The van der Waals surface area contributed by atoms with Gasteiger partial charge in [0.25, 0.3) is 0 Å². The second kappa shape index (κ2) is 5.15. The molecule has 0 aliphatic carbocycles. The molecule has 1 saturated heterocycles. The molecule has 0 saturated carbocycles. The number of phenolic OH excluding ortho intramolecular Hbond substituents is 1. The molecule has 0 aromatic heterocycles. The van der Waals surface area contributed by atoms with E-state index in [1.54, 1.807) is 12.1 Å². The lowest BCUT2D eigenvalue weighted by Crippen LogP contribution is -2.41. The van der Waals surface area contributed by atoms with Gasteiger partial charge in [-0.05, 0) is 56.4 Å².